The molecule has 0 bridgehead atoms. The van der Waals surface area contributed by atoms with Crippen LogP contribution in [-0.2, 0) is 13.0 Å². The first-order valence-electron chi connectivity index (χ1n) is 6.67. The third-order valence-corrected chi connectivity index (χ3v) is 3.93. The van der Waals surface area contributed by atoms with Crippen molar-refractivity contribution < 1.29 is 9.59 Å². The summed E-state index contributed by atoms with van der Waals surface area (Å²) in [5.74, 6) is 0.445. The molecule has 0 saturated carbocycles. The SMILES string of the molecule is CC1Cn2c(cccc2=O)CC[N+](C)(CCO)C1. The average Bonchev–Trinajstić information content (AvgIpc) is 2.28. The van der Waals surface area contributed by atoms with Crippen molar-refractivity contribution in [2.24, 2.45) is 5.92 Å². The smallest absolute Gasteiger partial charge is 0.250 e. The Kier molecular flexibility index (Phi) is 3.88. The van der Waals surface area contributed by atoms with E-state index in [1.165, 1.54) is 0 Å². The fourth-order valence-electron chi connectivity index (χ4n) is 3.03. The van der Waals surface area contributed by atoms with Gasteiger partial charge in [-0.15, -0.1) is 0 Å². The number of fused-ring (bicyclic) bond motifs is 1. The fourth-order valence-corrected chi connectivity index (χ4v) is 3.03. The van der Waals surface area contributed by atoms with Crippen LogP contribution in [-0.4, -0.2) is 47.4 Å². The largest absolute Gasteiger partial charge is 0.391 e. The molecular formula is C14H23N2O2+. The second-order valence-electron chi connectivity index (χ2n) is 5.79. The first-order chi connectivity index (χ1) is 8.54. The van der Waals surface area contributed by atoms with Crippen molar-refractivity contribution in [2.45, 2.75) is 19.9 Å². The van der Waals surface area contributed by atoms with Crippen LogP contribution in [0.4, 0.5) is 0 Å². The van der Waals surface area contributed by atoms with E-state index < -0.39 is 0 Å². The maximum atomic E-state index is 11.9. The highest BCUT2D eigenvalue weighted by Crippen LogP contribution is 2.16. The van der Waals surface area contributed by atoms with Crippen LogP contribution < -0.4 is 5.56 Å². The number of hydrogen-bond acceptors (Lipinski definition) is 2. The lowest BCUT2D eigenvalue weighted by Gasteiger charge is -2.38. The molecule has 1 aliphatic heterocycles. The van der Waals surface area contributed by atoms with Gasteiger partial charge in [-0.05, 0) is 6.07 Å². The predicted molar refractivity (Wildman–Crippen MR) is 71.4 cm³/mol. The molecule has 4 nitrogen and oxygen atoms in total. The molecule has 100 valence electrons. The van der Waals surface area contributed by atoms with E-state index in [9.17, 15) is 9.90 Å². The summed E-state index contributed by atoms with van der Waals surface area (Å²) in [6.45, 7) is 5.98. The zero-order valence-electron chi connectivity index (χ0n) is 11.3. The molecule has 0 saturated heterocycles. The predicted octanol–water partition coefficient (Wildman–Crippen LogP) is 0.479. The standard InChI is InChI=1S/C14H23N2O2/c1-12-10-15-13(4-3-5-14(15)18)6-7-16(2,11-12)8-9-17/h3-5,12,17H,6-11H2,1-2H3/q+1. The molecule has 0 spiro atoms. The van der Waals surface area contributed by atoms with Crippen molar-refractivity contribution in [3.8, 4) is 0 Å². The average molecular weight is 251 g/mol. The molecule has 0 radical (unpaired) electrons. The normalized spacial score (nSPS) is 28.3. The molecule has 0 amide bonds. The van der Waals surface area contributed by atoms with Crippen molar-refractivity contribution in [1.29, 1.82) is 0 Å². The van der Waals surface area contributed by atoms with E-state index in [0.717, 1.165) is 42.8 Å². The monoisotopic (exact) mass is 251 g/mol. The number of aliphatic hydroxyl groups excluding tert-OH is 1. The first kappa shape index (κ1) is 13.3. The molecule has 0 fully saturated rings. The van der Waals surface area contributed by atoms with Gasteiger partial charge in [0, 0.05) is 30.6 Å². The summed E-state index contributed by atoms with van der Waals surface area (Å²) in [5, 5.41) is 9.20. The molecule has 0 aliphatic carbocycles. The quantitative estimate of drug-likeness (QED) is 0.777. The van der Waals surface area contributed by atoms with Gasteiger partial charge in [0.25, 0.3) is 5.56 Å². The first-order valence-corrected chi connectivity index (χ1v) is 6.67. The summed E-state index contributed by atoms with van der Waals surface area (Å²) in [6.07, 6.45) is 0.902. The second-order valence-corrected chi connectivity index (χ2v) is 5.79. The highest BCUT2D eigenvalue weighted by Gasteiger charge is 2.27. The highest BCUT2D eigenvalue weighted by atomic mass is 16.3. The Morgan fingerprint density at radius 3 is 3.00 bits per heavy atom. The van der Waals surface area contributed by atoms with Crippen LogP contribution in [0, 0.1) is 5.92 Å². The van der Waals surface area contributed by atoms with Gasteiger partial charge < -0.3 is 14.2 Å². The van der Waals surface area contributed by atoms with Gasteiger partial charge in [0.2, 0.25) is 0 Å². The Balaban J connectivity index is 2.30. The Hall–Kier alpha value is -1.13. The summed E-state index contributed by atoms with van der Waals surface area (Å²) in [6, 6.07) is 5.53. The van der Waals surface area contributed by atoms with Crippen LogP contribution in [0.25, 0.3) is 0 Å². The molecule has 1 N–H and O–H groups in total. The molecule has 18 heavy (non-hydrogen) atoms. The molecule has 2 rings (SSSR count). The van der Waals surface area contributed by atoms with Crippen LogP contribution in [0.2, 0.25) is 0 Å². The minimum Gasteiger partial charge on any atom is -0.391 e. The van der Waals surface area contributed by atoms with Gasteiger partial charge in [-0.3, -0.25) is 4.79 Å². The lowest BCUT2D eigenvalue weighted by molar-refractivity contribution is -0.913. The van der Waals surface area contributed by atoms with Crippen molar-refractivity contribution in [2.75, 3.05) is 33.3 Å². The number of likely N-dealkylation sites (N-methyl/N-ethyl adjacent to an activating group) is 1. The molecule has 2 unspecified atom stereocenters. The fraction of sp³-hybridized carbons (Fsp3) is 0.643. The van der Waals surface area contributed by atoms with Crippen LogP contribution in [0.1, 0.15) is 12.6 Å². The van der Waals surface area contributed by atoms with E-state index in [4.69, 9.17) is 0 Å². The third-order valence-electron chi connectivity index (χ3n) is 3.93. The van der Waals surface area contributed by atoms with Crippen LogP contribution in [0.3, 0.4) is 0 Å². The van der Waals surface area contributed by atoms with Gasteiger partial charge in [-0.25, -0.2) is 0 Å². The van der Waals surface area contributed by atoms with Gasteiger partial charge in [-0.2, -0.15) is 0 Å². The minimum absolute atomic E-state index is 0.109. The maximum absolute atomic E-state index is 11.9. The van der Waals surface area contributed by atoms with Gasteiger partial charge in [0.1, 0.15) is 6.54 Å². The zero-order valence-corrected chi connectivity index (χ0v) is 11.3. The van der Waals surface area contributed by atoms with Gasteiger partial charge >= 0.3 is 0 Å². The van der Waals surface area contributed by atoms with E-state index >= 15 is 0 Å². The number of pyridine rings is 1. The number of aromatic nitrogens is 1. The van der Waals surface area contributed by atoms with E-state index in [2.05, 4.69) is 14.0 Å². The summed E-state index contributed by atoms with van der Waals surface area (Å²) < 4.78 is 2.80. The highest BCUT2D eigenvalue weighted by molar-refractivity contribution is 5.07. The second kappa shape index (κ2) is 5.24. The van der Waals surface area contributed by atoms with E-state index in [1.54, 1.807) is 6.07 Å². The van der Waals surface area contributed by atoms with Gasteiger partial charge in [0.15, 0.2) is 0 Å². The summed E-state index contributed by atoms with van der Waals surface area (Å²) in [4.78, 5) is 11.9. The third kappa shape index (κ3) is 2.82. The molecule has 2 atom stereocenters. The van der Waals surface area contributed by atoms with E-state index in [-0.39, 0.29) is 12.2 Å². The minimum atomic E-state index is 0.109. The van der Waals surface area contributed by atoms with E-state index in [1.807, 2.05) is 16.7 Å². The summed E-state index contributed by atoms with van der Waals surface area (Å²) in [5.41, 5.74) is 1.23. The number of nitrogens with zero attached hydrogens (tertiary/aromatic N) is 2. The van der Waals surface area contributed by atoms with Gasteiger partial charge in [0.05, 0.1) is 26.7 Å². The maximum Gasteiger partial charge on any atom is 0.250 e. The number of quaternary nitrogens is 1. The Morgan fingerprint density at radius 1 is 1.50 bits per heavy atom. The summed E-state index contributed by atoms with van der Waals surface area (Å²) in [7, 11) is 2.20. The Bertz CT molecular complexity index is 469. The molecule has 4 heteroatoms. The van der Waals surface area contributed by atoms with Crippen molar-refractivity contribution in [3.05, 3.63) is 34.2 Å². The Labute approximate surface area is 108 Å². The number of aliphatic hydroxyl groups is 1. The van der Waals surface area contributed by atoms with Crippen molar-refractivity contribution >= 4 is 0 Å². The molecule has 1 aliphatic rings. The number of rotatable bonds is 2. The van der Waals surface area contributed by atoms with Crippen LogP contribution >= 0.6 is 0 Å². The lowest BCUT2D eigenvalue weighted by atomic mass is 10.1. The molecular weight excluding hydrogens is 228 g/mol. The molecule has 1 aromatic heterocycles. The van der Waals surface area contributed by atoms with Gasteiger partial charge in [-0.1, -0.05) is 13.0 Å². The number of hydrogen-bond donors (Lipinski definition) is 1. The molecule has 2 heterocycles. The molecule has 0 aromatic carbocycles. The van der Waals surface area contributed by atoms with Crippen LogP contribution in [0.5, 0.6) is 0 Å². The zero-order chi connectivity index (χ0) is 13.2. The van der Waals surface area contributed by atoms with Crippen molar-refractivity contribution in [3.63, 3.8) is 0 Å². The van der Waals surface area contributed by atoms with Crippen LogP contribution in [0.15, 0.2) is 23.0 Å². The topological polar surface area (TPSA) is 42.2 Å². The molecule has 1 aromatic rings. The van der Waals surface area contributed by atoms with E-state index in [0.29, 0.717) is 5.92 Å². The Morgan fingerprint density at radius 2 is 2.28 bits per heavy atom. The summed E-state index contributed by atoms with van der Waals surface area (Å²) >= 11 is 0. The van der Waals surface area contributed by atoms with Crippen molar-refractivity contribution in [1.82, 2.24) is 4.57 Å². The lowest BCUT2D eigenvalue weighted by Crippen LogP contribution is -2.52.